The second kappa shape index (κ2) is 7.45. The van der Waals surface area contributed by atoms with Gasteiger partial charge in [0.05, 0.1) is 17.9 Å². The Morgan fingerprint density at radius 2 is 2.00 bits per heavy atom. The van der Waals surface area contributed by atoms with Gasteiger partial charge in [-0.05, 0) is 65.8 Å². The molecule has 0 saturated carbocycles. The first-order valence-corrected chi connectivity index (χ1v) is 7.99. The second-order valence-electron chi connectivity index (χ2n) is 4.78. The first-order valence-electron chi connectivity index (χ1n) is 6.91. The lowest BCUT2D eigenvalue weighted by Crippen LogP contribution is -2.14. The summed E-state index contributed by atoms with van der Waals surface area (Å²) in [6.07, 6.45) is 0.928. The summed E-state index contributed by atoms with van der Waals surface area (Å²) in [5.41, 5.74) is 2.48. The summed E-state index contributed by atoms with van der Waals surface area (Å²) in [4.78, 5) is 12.4. The predicted octanol–water partition coefficient (Wildman–Crippen LogP) is 4.64. The summed E-state index contributed by atoms with van der Waals surface area (Å²) in [5.74, 6) is 0.598. The fourth-order valence-electron chi connectivity index (χ4n) is 1.90. The zero-order valence-electron chi connectivity index (χ0n) is 12.2. The number of halogens is 1. The highest BCUT2D eigenvalue weighted by Crippen LogP contribution is 2.27. The SMILES string of the molecule is CCCOc1cc(C)ccc1NC(=O)c1ccccc1I. The topological polar surface area (TPSA) is 38.3 Å². The van der Waals surface area contributed by atoms with Gasteiger partial charge >= 0.3 is 0 Å². The zero-order valence-corrected chi connectivity index (χ0v) is 14.3. The van der Waals surface area contributed by atoms with E-state index in [1.54, 1.807) is 0 Å². The van der Waals surface area contributed by atoms with Gasteiger partial charge in [-0.2, -0.15) is 0 Å². The third-order valence-electron chi connectivity index (χ3n) is 2.97. The molecule has 0 aliphatic rings. The molecule has 2 aromatic carbocycles. The van der Waals surface area contributed by atoms with Gasteiger partial charge < -0.3 is 10.1 Å². The van der Waals surface area contributed by atoms with Crippen molar-refractivity contribution >= 4 is 34.2 Å². The molecular formula is C17H18INO2. The van der Waals surface area contributed by atoms with E-state index in [9.17, 15) is 4.79 Å². The van der Waals surface area contributed by atoms with Gasteiger partial charge in [-0.1, -0.05) is 25.1 Å². The Labute approximate surface area is 138 Å². The molecule has 0 aliphatic carbocycles. The summed E-state index contributed by atoms with van der Waals surface area (Å²) >= 11 is 2.16. The third-order valence-corrected chi connectivity index (χ3v) is 3.91. The number of anilines is 1. The molecule has 0 atom stereocenters. The van der Waals surface area contributed by atoms with E-state index in [1.165, 1.54) is 0 Å². The molecule has 21 heavy (non-hydrogen) atoms. The van der Waals surface area contributed by atoms with Crippen LogP contribution in [-0.4, -0.2) is 12.5 Å². The quantitative estimate of drug-likeness (QED) is 0.750. The van der Waals surface area contributed by atoms with Crippen molar-refractivity contribution in [3.63, 3.8) is 0 Å². The number of nitrogens with one attached hydrogen (secondary N) is 1. The van der Waals surface area contributed by atoms with Crippen molar-refractivity contribution in [3.05, 3.63) is 57.2 Å². The average Bonchev–Trinajstić information content (AvgIpc) is 2.47. The number of hydrogen-bond donors (Lipinski definition) is 1. The van der Waals surface area contributed by atoms with Gasteiger partial charge in [0.25, 0.3) is 5.91 Å². The number of aryl methyl sites for hydroxylation is 1. The lowest BCUT2D eigenvalue weighted by atomic mass is 10.2. The van der Waals surface area contributed by atoms with Gasteiger partial charge in [0.2, 0.25) is 0 Å². The number of carbonyl (C=O) groups excluding carboxylic acids is 1. The fraction of sp³-hybridized carbons (Fsp3) is 0.235. The monoisotopic (exact) mass is 395 g/mol. The van der Waals surface area contributed by atoms with E-state index in [0.717, 1.165) is 21.3 Å². The van der Waals surface area contributed by atoms with Crippen LogP contribution in [0.1, 0.15) is 29.3 Å². The maximum absolute atomic E-state index is 12.4. The molecule has 1 N–H and O–H groups in total. The lowest BCUT2D eigenvalue weighted by molar-refractivity contribution is 0.102. The minimum absolute atomic E-state index is 0.120. The molecule has 0 heterocycles. The Hall–Kier alpha value is -1.56. The molecule has 4 heteroatoms. The summed E-state index contributed by atoms with van der Waals surface area (Å²) in [7, 11) is 0. The van der Waals surface area contributed by atoms with E-state index >= 15 is 0 Å². The molecular weight excluding hydrogens is 377 g/mol. The standard InChI is InChI=1S/C17H18INO2/c1-3-10-21-16-11-12(2)8-9-15(16)19-17(20)13-6-4-5-7-14(13)18/h4-9,11H,3,10H2,1-2H3,(H,19,20). The van der Waals surface area contributed by atoms with Crippen LogP contribution in [0.3, 0.4) is 0 Å². The maximum atomic E-state index is 12.4. The van der Waals surface area contributed by atoms with Crippen LogP contribution in [0.4, 0.5) is 5.69 Å². The van der Waals surface area contributed by atoms with E-state index in [4.69, 9.17) is 4.74 Å². The Morgan fingerprint density at radius 1 is 1.24 bits per heavy atom. The predicted molar refractivity (Wildman–Crippen MR) is 94.1 cm³/mol. The maximum Gasteiger partial charge on any atom is 0.256 e. The van der Waals surface area contributed by atoms with E-state index in [2.05, 4.69) is 34.8 Å². The molecule has 0 aliphatic heterocycles. The van der Waals surface area contributed by atoms with Crippen LogP contribution in [0.25, 0.3) is 0 Å². The summed E-state index contributed by atoms with van der Waals surface area (Å²) in [5, 5.41) is 2.94. The van der Waals surface area contributed by atoms with Crippen molar-refractivity contribution in [3.8, 4) is 5.75 Å². The highest BCUT2D eigenvalue weighted by Gasteiger charge is 2.12. The molecule has 2 aromatic rings. The first-order chi connectivity index (χ1) is 10.1. The van der Waals surface area contributed by atoms with Crippen molar-refractivity contribution in [2.24, 2.45) is 0 Å². The molecule has 0 bridgehead atoms. The van der Waals surface area contributed by atoms with E-state index in [1.807, 2.05) is 49.4 Å². The van der Waals surface area contributed by atoms with Gasteiger partial charge in [-0.25, -0.2) is 0 Å². The molecule has 2 rings (SSSR count). The number of benzene rings is 2. The second-order valence-corrected chi connectivity index (χ2v) is 5.94. The molecule has 3 nitrogen and oxygen atoms in total. The van der Waals surface area contributed by atoms with E-state index in [-0.39, 0.29) is 5.91 Å². The number of amides is 1. The molecule has 0 unspecified atom stereocenters. The number of carbonyl (C=O) groups is 1. The average molecular weight is 395 g/mol. The Kier molecular flexibility index (Phi) is 5.61. The number of ether oxygens (including phenoxy) is 1. The Morgan fingerprint density at radius 3 is 2.71 bits per heavy atom. The van der Waals surface area contributed by atoms with Crippen molar-refractivity contribution in [1.82, 2.24) is 0 Å². The summed E-state index contributed by atoms with van der Waals surface area (Å²) in [6.45, 7) is 4.69. The smallest absolute Gasteiger partial charge is 0.256 e. The minimum atomic E-state index is -0.120. The van der Waals surface area contributed by atoms with Crippen molar-refractivity contribution < 1.29 is 9.53 Å². The Balaban J connectivity index is 2.23. The minimum Gasteiger partial charge on any atom is -0.491 e. The van der Waals surface area contributed by atoms with Gasteiger partial charge in [-0.15, -0.1) is 0 Å². The van der Waals surface area contributed by atoms with E-state index in [0.29, 0.717) is 17.9 Å². The molecule has 0 saturated heterocycles. The lowest BCUT2D eigenvalue weighted by Gasteiger charge is -2.13. The van der Waals surface area contributed by atoms with Crippen molar-refractivity contribution in [1.29, 1.82) is 0 Å². The fourth-order valence-corrected chi connectivity index (χ4v) is 2.53. The van der Waals surface area contributed by atoms with Crippen LogP contribution in [0.15, 0.2) is 42.5 Å². The largest absolute Gasteiger partial charge is 0.491 e. The van der Waals surface area contributed by atoms with Crippen LogP contribution in [-0.2, 0) is 0 Å². The van der Waals surface area contributed by atoms with Crippen molar-refractivity contribution in [2.75, 3.05) is 11.9 Å². The summed E-state index contributed by atoms with van der Waals surface area (Å²) in [6, 6.07) is 13.3. The molecule has 0 aromatic heterocycles. The molecule has 1 amide bonds. The van der Waals surface area contributed by atoms with Gasteiger partial charge in [-0.3, -0.25) is 4.79 Å². The van der Waals surface area contributed by atoms with Crippen LogP contribution >= 0.6 is 22.6 Å². The van der Waals surface area contributed by atoms with E-state index < -0.39 is 0 Å². The highest BCUT2D eigenvalue weighted by molar-refractivity contribution is 14.1. The third kappa shape index (κ3) is 4.20. The number of hydrogen-bond acceptors (Lipinski definition) is 2. The molecule has 110 valence electrons. The van der Waals surface area contributed by atoms with Crippen LogP contribution in [0.2, 0.25) is 0 Å². The normalized spacial score (nSPS) is 10.2. The van der Waals surface area contributed by atoms with Crippen LogP contribution in [0.5, 0.6) is 5.75 Å². The van der Waals surface area contributed by atoms with Gasteiger partial charge in [0, 0.05) is 3.57 Å². The van der Waals surface area contributed by atoms with Crippen LogP contribution < -0.4 is 10.1 Å². The molecule has 0 radical (unpaired) electrons. The highest BCUT2D eigenvalue weighted by atomic mass is 127. The molecule has 0 spiro atoms. The van der Waals surface area contributed by atoms with Gasteiger partial charge in [0.1, 0.15) is 5.75 Å². The number of rotatable bonds is 5. The first kappa shape index (κ1) is 15.8. The van der Waals surface area contributed by atoms with Crippen molar-refractivity contribution in [2.45, 2.75) is 20.3 Å². The zero-order chi connectivity index (χ0) is 15.2. The Bertz CT molecular complexity index is 640. The summed E-state index contributed by atoms with van der Waals surface area (Å²) < 4.78 is 6.64. The molecule has 0 fully saturated rings. The van der Waals surface area contributed by atoms with Gasteiger partial charge in [0.15, 0.2) is 0 Å². The van der Waals surface area contributed by atoms with Crippen LogP contribution in [0, 0.1) is 10.5 Å².